The summed E-state index contributed by atoms with van der Waals surface area (Å²) in [7, 11) is 0. The lowest BCUT2D eigenvalue weighted by Crippen LogP contribution is -2.50. The van der Waals surface area contributed by atoms with E-state index in [0.29, 0.717) is 22.1 Å². The quantitative estimate of drug-likeness (QED) is 0.128. The van der Waals surface area contributed by atoms with Gasteiger partial charge in [0.05, 0.1) is 16.2 Å². The zero-order valence-corrected chi connectivity index (χ0v) is 23.1. The van der Waals surface area contributed by atoms with Crippen molar-refractivity contribution in [2.75, 3.05) is 0 Å². The average Bonchev–Trinajstić information content (AvgIpc) is 3.43. The Bertz CT molecular complexity index is 1560. The predicted octanol–water partition coefficient (Wildman–Crippen LogP) is 5.81. The minimum atomic E-state index is -0.971. The number of nitro benzene ring substituents is 1. The van der Waals surface area contributed by atoms with Crippen LogP contribution in [0.2, 0.25) is 10.0 Å². The summed E-state index contributed by atoms with van der Waals surface area (Å²) in [4.78, 5) is 36.4. The van der Waals surface area contributed by atoms with Gasteiger partial charge in [-0.25, -0.2) is 5.43 Å². The van der Waals surface area contributed by atoms with Crippen LogP contribution in [0.5, 0.6) is 5.75 Å². The van der Waals surface area contributed by atoms with Crippen LogP contribution in [0.1, 0.15) is 18.2 Å². The first kappa shape index (κ1) is 29.3. The van der Waals surface area contributed by atoms with Crippen molar-refractivity contribution in [1.82, 2.24) is 10.7 Å². The van der Waals surface area contributed by atoms with Gasteiger partial charge in [0.25, 0.3) is 17.5 Å². The van der Waals surface area contributed by atoms with Crippen LogP contribution in [-0.4, -0.2) is 35.1 Å². The maximum Gasteiger partial charge on any atom is 0.269 e. The van der Waals surface area contributed by atoms with Crippen LogP contribution in [0.4, 0.5) is 5.69 Å². The normalized spacial score (nSPS) is 12.5. The number of carbonyl (C=O) groups is 2. The molecule has 0 aliphatic carbocycles. The standard InChI is InChI=1S/C29H24Cl2N4O6/c1-18(40-27-13-9-21(30)16-24(27)31)28(36)33-25(15-19-5-3-2-4-6-19)29(37)34-32-17-23-12-14-26(41-23)20-7-10-22(11-8-20)35(38)39/h2-14,16-18,25H,15H2,1H3,(H,33,36)(H,34,37)/b32-17-/t18-,25-/m1/s1. The van der Waals surface area contributed by atoms with Gasteiger partial charge in [-0.3, -0.25) is 19.7 Å². The summed E-state index contributed by atoms with van der Waals surface area (Å²) in [5.41, 5.74) is 3.87. The van der Waals surface area contributed by atoms with Gasteiger partial charge in [-0.05, 0) is 55.0 Å². The molecule has 2 N–H and O–H groups in total. The van der Waals surface area contributed by atoms with E-state index in [1.54, 1.807) is 36.4 Å². The molecular weight excluding hydrogens is 571 g/mol. The van der Waals surface area contributed by atoms with Gasteiger partial charge in [-0.1, -0.05) is 53.5 Å². The number of non-ortho nitro benzene ring substituents is 1. The summed E-state index contributed by atoms with van der Waals surface area (Å²) in [5, 5.41) is 18.2. The molecule has 210 valence electrons. The molecule has 0 aliphatic rings. The fourth-order valence-electron chi connectivity index (χ4n) is 3.73. The Hall–Kier alpha value is -4.67. The molecule has 3 aromatic carbocycles. The topological polar surface area (TPSA) is 136 Å². The molecule has 0 fully saturated rings. The highest BCUT2D eigenvalue weighted by Crippen LogP contribution is 2.28. The lowest BCUT2D eigenvalue weighted by molar-refractivity contribution is -0.384. The molecule has 1 heterocycles. The molecule has 0 spiro atoms. The third-order valence-electron chi connectivity index (χ3n) is 5.84. The van der Waals surface area contributed by atoms with Crippen LogP contribution in [-0.2, 0) is 16.0 Å². The van der Waals surface area contributed by atoms with Crippen LogP contribution in [0.25, 0.3) is 11.3 Å². The molecule has 0 aliphatic heterocycles. The smallest absolute Gasteiger partial charge is 0.269 e. The minimum absolute atomic E-state index is 0.0308. The Kier molecular flexibility index (Phi) is 9.73. The van der Waals surface area contributed by atoms with Crippen LogP contribution in [0.15, 0.2) is 94.4 Å². The van der Waals surface area contributed by atoms with E-state index in [0.717, 1.165) is 5.56 Å². The SMILES string of the molecule is C[C@@H](Oc1ccc(Cl)cc1Cl)C(=O)N[C@H](Cc1ccccc1)C(=O)N/N=C\c1ccc(-c2ccc([N+](=O)[O-])cc2)o1. The van der Waals surface area contributed by atoms with Gasteiger partial charge in [-0.2, -0.15) is 5.10 Å². The fraction of sp³-hybridized carbons (Fsp3) is 0.138. The molecule has 4 aromatic rings. The van der Waals surface area contributed by atoms with Crippen molar-refractivity contribution in [3.63, 3.8) is 0 Å². The molecule has 0 saturated heterocycles. The van der Waals surface area contributed by atoms with Gasteiger partial charge in [-0.15, -0.1) is 0 Å². The Labute approximate surface area is 245 Å². The Morgan fingerprint density at radius 1 is 1.02 bits per heavy atom. The van der Waals surface area contributed by atoms with Gasteiger partial charge in [0, 0.05) is 29.1 Å². The molecule has 0 bridgehead atoms. The Morgan fingerprint density at radius 3 is 2.44 bits per heavy atom. The van der Waals surface area contributed by atoms with Crippen molar-refractivity contribution in [2.45, 2.75) is 25.5 Å². The molecule has 2 atom stereocenters. The van der Waals surface area contributed by atoms with E-state index in [9.17, 15) is 19.7 Å². The van der Waals surface area contributed by atoms with E-state index in [1.165, 1.54) is 31.3 Å². The number of hydrogen-bond acceptors (Lipinski definition) is 7. The number of benzene rings is 3. The maximum absolute atomic E-state index is 13.1. The van der Waals surface area contributed by atoms with Gasteiger partial charge < -0.3 is 14.5 Å². The van der Waals surface area contributed by atoms with Gasteiger partial charge in [0.1, 0.15) is 23.3 Å². The average molecular weight is 595 g/mol. The number of rotatable bonds is 11. The number of nitrogens with one attached hydrogen (secondary N) is 2. The summed E-state index contributed by atoms with van der Waals surface area (Å²) in [6, 6.07) is 22.1. The van der Waals surface area contributed by atoms with Crippen molar-refractivity contribution in [1.29, 1.82) is 0 Å². The number of hydrogen-bond donors (Lipinski definition) is 2. The molecule has 41 heavy (non-hydrogen) atoms. The highest BCUT2D eigenvalue weighted by atomic mass is 35.5. The molecule has 0 unspecified atom stereocenters. The monoisotopic (exact) mass is 594 g/mol. The van der Waals surface area contributed by atoms with Gasteiger partial charge >= 0.3 is 0 Å². The van der Waals surface area contributed by atoms with Gasteiger partial charge in [0.2, 0.25) is 0 Å². The second kappa shape index (κ2) is 13.6. The summed E-state index contributed by atoms with van der Waals surface area (Å²) < 4.78 is 11.4. The maximum atomic E-state index is 13.1. The van der Waals surface area contributed by atoms with E-state index in [1.807, 2.05) is 30.3 Å². The number of halogens is 2. The highest BCUT2D eigenvalue weighted by Gasteiger charge is 2.25. The number of nitrogens with zero attached hydrogens (tertiary/aromatic N) is 2. The second-order valence-corrected chi connectivity index (χ2v) is 9.67. The first-order valence-electron chi connectivity index (χ1n) is 12.3. The molecule has 2 amide bonds. The van der Waals surface area contributed by atoms with E-state index in [4.69, 9.17) is 32.4 Å². The first-order chi connectivity index (χ1) is 19.7. The summed E-state index contributed by atoms with van der Waals surface area (Å²) >= 11 is 12.1. The Morgan fingerprint density at radius 2 is 1.76 bits per heavy atom. The molecular formula is C29H24Cl2N4O6. The lowest BCUT2D eigenvalue weighted by Gasteiger charge is -2.21. The highest BCUT2D eigenvalue weighted by molar-refractivity contribution is 6.35. The van der Waals surface area contributed by atoms with Crippen LogP contribution in [0, 0.1) is 10.1 Å². The summed E-state index contributed by atoms with van der Waals surface area (Å²) in [5.74, 6) is -0.00747. The largest absolute Gasteiger partial charge is 0.479 e. The van der Waals surface area contributed by atoms with Crippen LogP contribution < -0.4 is 15.5 Å². The third-order valence-corrected chi connectivity index (χ3v) is 6.37. The number of furan rings is 1. The van der Waals surface area contributed by atoms with Crippen molar-refractivity contribution >= 4 is 46.9 Å². The Balaban J connectivity index is 1.41. The van der Waals surface area contributed by atoms with Gasteiger partial charge in [0.15, 0.2) is 6.10 Å². The number of hydrazone groups is 1. The van der Waals surface area contributed by atoms with E-state index in [2.05, 4.69) is 15.8 Å². The van der Waals surface area contributed by atoms with Crippen LogP contribution in [0.3, 0.4) is 0 Å². The zero-order valence-electron chi connectivity index (χ0n) is 21.6. The fourth-order valence-corrected chi connectivity index (χ4v) is 4.18. The van der Waals surface area contributed by atoms with E-state index in [-0.39, 0.29) is 22.9 Å². The number of ether oxygens (including phenoxy) is 1. The summed E-state index contributed by atoms with van der Waals surface area (Å²) in [6.07, 6.45) is 0.541. The van der Waals surface area contributed by atoms with Crippen LogP contribution >= 0.6 is 23.2 Å². The number of carbonyl (C=O) groups excluding carboxylic acids is 2. The molecule has 0 saturated carbocycles. The minimum Gasteiger partial charge on any atom is -0.479 e. The van der Waals surface area contributed by atoms with E-state index >= 15 is 0 Å². The lowest BCUT2D eigenvalue weighted by atomic mass is 10.1. The molecule has 4 rings (SSSR count). The molecule has 1 aromatic heterocycles. The number of amides is 2. The van der Waals surface area contributed by atoms with E-state index < -0.39 is 28.9 Å². The summed E-state index contributed by atoms with van der Waals surface area (Å²) in [6.45, 7) is 1.54. The van der Waals surface area contributed by atoms with Crippen molar-refractivity contribution < 1.29 is 23.7 Å². The van der Waals surface area contributed by atoms with Crippen molar-refractivity contribution in [3.8, 4) is 17.1 Å². The zero-order chi connectivity index (χ0) is 29.4. The molecule has 0 radical (unpaired) electrons. The molecule has 10 nitrogen and oxygen atoms in total. The second-order valence-electron chi connectivity index (χ2n) is 8.83. The molecule has 12 heteroatoms. The van der Waals surface area contributed by atoms with Crippen molar-refractivity contribution in [3.05, 3.63) is 116 Å². The first-order valence-corrected chi connectivity index (χ1v) is 13.1. The number of nitro groups is 1. The third kappa shape index (κ3) is 8.17. The van der Waals surface area contributed by atoms with Crippen molar-refractivity contribution in [2.24, 2.45) is 5.10 Å². The predicted molar refractivity (Wildman–Crippen MR) is 155 cm³/mol.